The number of hydrogen-bond acceptors (Lipinski definition) is 3. The molecule has 5 nitrogen and oxygen atoms in total. The largest absolute Gasteiger partial charge is 0.479 e. The summed E-state index contributed by atoms with van der Waals surface area (Å²) < 4.78 is 4.82. The Morgan fingerprint density at radius 2 is 1.94 bits per heavy atom. The first-order valence-corrected chi connectivity index (χ1v) is 5.75. The zero-order valence-electron chi connectivity index (χ0n) is 9.44. The van der Waals surface area contributed by atoms with E-state index in [4.69, 9.17) is 33.0 Å². The van der Waals surface area contributed by atoms with Crippen LogP contribution in [-0.2, 0) is 14.3 Å². The van der Waals surface area contributed by atoms with Gasteiger partial charge in [0.2, 0.25) is 5.91 Å². The lowest BCUT2D eigenvalue weighted by molar-refractivity contribution is -0.150. The van der Waals surface area contributed by atoms with Crippen LogP contribution in [0.3, 0.4) is 0 Å². The summed E-state index contributed by atoms with van der Waals surface area (Å²) in [6.45, 7) is 0.938. The molecule has 0 saturated heterocycles. The average molecular weight is 292 g/mol. The number of halogens is 2. The Labute approximate surface area is 114 Å². The van der Waals surface area contributed by atoms with Crippen LogP contribution in [0.4, 0.5) is 5.69 Å². The van der Waals surface area contributed by atoms with Crippen LogP contribution in [-0.4, -0.2) is 29.7 Å². The standard InChI is InChI=1S/C11H11Cl2NO4/c1-6(11(16)17)18-5-9(15)14-10-7(12)3-2-4-8(10)13/h2-4,6H,5H2,1H3,(H,14,15)(H,16,17). The molecule has 1 aromatic rings. The smallest absolute Gasteiger partial charge is 0.332 e. The van der Waals surface area contributed by atoms with Crippen molar-refractivity contribution >= 4 is 40.8 Å². The van der Waals surface area contributed by atoms with Crippen molar-refractivity contribution in [3.05, 3.63) is 28.2 Å². The van der Waals surface area contributed by atoms with Crippen LogP contribution in [0.15, 0.2) is 18.2 Å². The van der Waals surface area contributed by atoms with Crippen LogP contribution >= 0.6 is 23.2 Å². The summed E-state index contributed by atoms with van der Waals surface area (Å²) in [6, 6.07) is 4.79. The van der Waals surface area contributed by atoms with Crippen LogP contribution in [0.5, 0.6) is 0 Å². The summed E-state index contributed by atoms with van der Waals surface area (Å²) in [4.78, 5) is 22.0. The highest BCUT2D eigenvalue weighted by Crippen LogP contribution is 2.29. The zero-order chi connectivity index (χ0) is 13.7. The molecule has 0 aromatic heterocycles. The SMILES string of the molecule is CC(OCC(=O)Nc1c(Cl)cccc1Cl)C(=O)O. The summed E-state index contributed by atoms with van der Waals surface area (Å²) in [7, 11) is 0. The van der Waals surface area contributed by atoms with E-state index >= 15 is 0 Å². The maximum atomic E-state index is 11.5. The molecule has 1 atom stereocenters. The monoisotopic (exact) mass is 291 g/mol. The Morgan fingerprint density at radius 1 is 1.39 bits per heavy atom. The number of nitrogens with one attached hydrogen (secondary N) is 1. The second-order valence-electron chi connectivity index (χ2n) is 3.44. The number of hydrogen-bond donors (Lipinski definition) is 2. The van der Waals surface area contributed by atoms with Gasteiger partial charge in [-0.1, -0.05) is 29.3 Å². The Balaban J connectivity index is 2.58. The average Bonchev–Trinajstić information content (AvgIpc) is 2.30. The number of carbonyl (C=O) groups excluding carboxylic acids is 1. The van der Waals surface area contributed by atoms with E-state index in [0.29, 0.717) is 10.0 Å². The van der Waals surface area contributed by atoms with Gasteiger partial charge in [0.15, 0.2) is 6.10 Å². The first-order chi connectivity index (χ1) is 8.41. The Morgan fingerprint density at radius 3 is 2.44 bits per heavy atom. The maximum absolute atomic E-state index is 11.5. The van der Waals surface area contributed by atoms with Gasteiger partial charge in [-0.05, 0) is 19.1 Å². The van der Waals surface area contributed by atoms with Crippen LogP contribution in [0.1, 0.15) is 6.92 Å². The van der Waals surface area contributed by atoms with Crippen molar-refractivity contribution in [3.8, 4) is 0 Å². The maximum Gasteiger partial charge on any atom is 0.332 e. The van der Waals surface area contributed by atoms with E-state index < -0.39 is 24.6 Å². The molecule has 1 aromatic carbocycles. The predicted octanol–water partition coefficient (Wildman–Crippen LogP) is 2.42. The van der Waals surface area contributed by atoms with Crippen LogP contribution < -0.4 is 5.32 Å². The molecule has 2 N–H and O–H groups in total. The van der Waals surface area contributed by atoms with E-state index in [1.807, 2.05) is 0 Å². The van der Waals surface area contributed by atoms with E-state index in [9.17, 15) is 9.59 Å². The third-order valence-electron chi connectivity index (χ3n) is 2.04. The van der Waals surface area contributed by atoms with Gasteiger partial charge in [-0.25, -0.2) is 4.79 Å². The van der Waals surface area contributed by atoms with E-state index in [2.05, 4.69) is 5.32 Å². The first-order valence-electron chi connectivity index (χ1n) is 5.00. The van der Waals surface area contributed by atoms with E-state index in [1.54, 1.807) is 18.2 Å². The van der Waals surface area contributed by atoms with Gasteiger partial charge in [0.1, 0.15) is 6.61 Å². The molecule has 1 rings (SSSR count). The molecule has 0 aliphatic carbocycles. The quantitative estimate of drug-likeness (QED) is 0.874. The highest BCUT2D eigenvalue weighted by atomic mass is 35.5. The van der Waals surface area contributed by atoms with Gasteiger partial charge in [-0.15, -0.1) is 0 Å². The van der Waals surface area contributed by atoms with Crippen molar-refractivity contribution in [2.75, 3.05) is 11.9 Å². The fourth-order valence-corrected chi connectivity index (χ4v) is 1.56. The lowest BCUT2D eigenvalue weighted by Crippen LogP contribution is -2.26. The lowest BCUT2D eigenvalue weighted by Gasteiger charge is -2.11. The van der Waals surface area contributed by atoms with Gasteiger partial charge >= 0.3 is 5.97 Å². The Bertz CT molecular complexity index is 444. The second-order valence-corrected chi connectivity index (χ2v) is 4.25. The minimum atomic E-state index is -1.14. The van der Waals surface area contributed by atoms with Crippen LogP contribution in [0.25, 0.3) is 0 Å². The molecule has 18 heavy (non-hydrogen) atoms. The molecule has 1 unspecified atom stereocenters. The fraction of sp³-hybridized carbons (Fsp3) is 0.273. The molecule has 7 heteroatoms. The molecule has 0 aliphatic heterocycles. The molecular formula is C11H11Cl2NO4. The topological polar surface area (TPSA) is 75.6 Å². The summed E-state index contributed by atoms with van der Waals surface area (Å²) in [5.74, 6) is -1.67. The van der Waals surface area contributed by atoms with Gasteiger partial charge in [0.25, 0.3) is 0 Å². The van der Waals surface area contributed by atoms with E-state index in [0.717, 1.165) is 0 Å². The summed E-state index contributed by atoms with van der Waals surface area (Å²) in [5, 5.41) is 11.6. The Kier molecular flexibility index (Phi) is 5.40. The third-order valence-corrected chi connectivity index (χ3v) is 2.67. The van der Waals surface area contributed by atoms with Crippen molar-refractivity contribution in [2.45, 2.75) is 13.0 Å². The highest BCUT2D eigenvalue weighted by molar-refractivity contribution is 6.39. The molecule has 1 amide bonds. The molecule has 0 spiro atoms. The number of rotatable bonds is 5. The molecule has 0 radical (unpaired) electrons. The zero-order valence-corrected chi connectivity index (χ0v) is 11.0. The van der Waals surface area contributed by atoms with Crippen molar-refractivity contribution in [1.29, 1.82) is 0 Å². The lowest BCUT2D eigenvalue weighted by atomic mass is 10.3. The highest BCUT2D eigenvalue weighted by Gasteiger charge is 2.14. The number of para-hydroxylation sites is 1. The number of carbonyl (C=O) groups is 2. The van der Waals surface area contributed by atoms with Crippen molar-refractivity contribution < 1.29 is 19.4 Å². The van der Waals surface area contributed by atoms with Gasteiger partial charge in [0.05, 0.1) is 15.7 Å². The third kappa shape index (κ3) is 4.18. The van der Waals surface area contributed by atoms with E-state index in [1.165, 1.54) is 6.92 Å². The number of benzene rings is 1. The number of carboxylic acid groups (broad SMARTS) is 1. The second kappa shape index (κ2) is 6.58. The fourth-order valence-electron chi connectivity index (χ4n) is 1.06. The number of carboxylic acids is 1. The van der Waals surface area contributed by atoms with E-state index in [-0.39, 0.29) is 5.69 Å². The Hall–Kier alpha value is -1.30. The summed E-state index contributed by atoms with van der Waals surface area (Å²) in [6.07, 6.45) is -1.06. The number of ether oxygens (including phenoxy) is 1. The first kappa shape index (κ1) is 14.8. The van der Waals surface area contributed by atoms with Gasteiger partial charge in [-0.2, -0.15) is 0 Å². The molecule has 0 heterocycles. The number of anilines is 1. The van der Waals surface area contributed by atoms with Gasteiger partial charge in [-0.3, -0.25) is 4.79 Å². The van der Waals surface area contributed by atoms with Crippen molar-refractivity contribution in [2.24, 2.45) is 0 Å². The molecular weight excluding hydrogens is 281 g/mol. The summed E-state index contributed by atoms with van der Waals surface area (Å²) in [5.41, 5.74) is 0.275. The summed E-state index contributed by atoms with van der Waals surface area (Å²) >= 11 is 11.7. The molecule has 0 bridgehead atoms. The van der Waals surface area contributed by atoms with Crippen LogP contribution in [0.2, 0.25) is 10.0 Å². The molecule has 98 valence electrons. The molecule has 0 saturated carbocycles. The van der Waals surface area contributed by atoms with Crippen molar-refractivity contribution in [3.63, 3.8) is 0 Å². The normalized spacial score (nSPS) is 11.9. The van der Waals surface area contributed by atoms with Gasteiger partial charge in [0, 0.05) is 0 Å². The number of amides is 1. The molecule has 0 fully saturated rings. The minimum absolute atomic E-state index is 0.275. The molecule has 0 aliphatic rings. The minimum Gasteiger partial charge on any atom is -0.479 e. The van der Waals surface area contributed by atoms with Gasteiger partial charge < -0.3 is 15.2 Å². The predicted molar refractivity (Wildman–Crippen MR) is 68.1 cm³/mol. The number of aliphatic carboxylic acids is 1. The van der Waals surface area contributed by atoms with Crippen LogP contribution in [0, 0.1) is 0 Å². The van der Waals surface area contributed by atoms with Crippen molar-refractivity contribution in [1.82, 2.24) is 0 Å².